The van der Waals surface area contributed by atoms with Gasteiger partial charge in [-0.2, -0.15) is 0 Å². The third-order valence-electron chi connectivity index (χ3n) is 5.83. The number of likely N-dealkylation sites (tertiary alicyclic amines) is 1. The van der Waals surface area contributed by atoms with Crippen LogP contribution in [0.4, 0.5) is 4.39 Å². The van der Waals surface area contributed by atoms with Crippen molar-refractivity contribution >= 4 is 5.91 Å². The first-order valence-electron chi connectivity index (χ1n) is 9.07. The first-order chi connectivity index (χ1) is 12.6. The van der Waals surface area contributed by atoms with E-state index in [2.05, 4.69) is 10.2 Å². The fraction of sp³-hybridized carbons (Fsp3) is 0.526. The minimum atomic E-state index is -0.321. The number of benzene rings is 1. The van der Waals surface area contributed by atoms with Crippen molar-refractivity contribution in [3.05, 3.63) is 42.2 Å². The molecule has 0 N–H and O–H groups in total. The summed E-state index contributed by atoms with van der Waals surface area (Å²) in [5, 5.41) is 8.35. The lowest BCUT2D eigenvalue weighted by atomic mass is 9.76. The Kier molecular flexibility index (Phi) is 4.38. The molecule has 1 aliphatic heterocycles. The molecule has 7 heteroatoms. The Bertz CT molecular complexity index is 783. The number of aromatic nitrogens is 3. The number of carbonyl (C=O) groups excluding carboxylic acids is 1. The zero-order valence-corrected chi connectivity index (χ0v) is 14.9. The van der Waals surface area contributed by atoms with Gasteiger partial charge in [-0.3, -0.25) is 4.79 Å². The number of amides is 1. The molecule has 2 fully saturated rings. The molecule has 138 valence electrons. The number of nitrogens with zero attached hydrogens (tertiary/aromatic N) is 4. The molecule has 1 atom stereocenters. The summed E-state index contributed by atoms with van der Waals surface area (Å²) in [6, 6.07) is 5.72. The van der Waals surface area contributed by atoms with E-state index in [1.54, 1.807) is 6.33 Å². The molecule has 0 bridgehead atoms. The van der Waals surface area contributed by atoms with E-state index in [4.69, 9.17) is 4.74 Å². The molecule has 1 saturated heterocycles. The van der Waals surface area contributed by atoms with E-state index < -0.39 is 0 Å². The minimum Gasteiger partial charge on any atom is -0.484 e. The number of halogens is 1. The average molecular weight is 358 g/mol. The van der Waals surface area contributed by atoms with Crippen LogP contribution in [0.2, 0.25) is 0 Å². The highest BCUT2D eigenvalue weighted by Crippen LogP contribution is 2.52. The molecule has 2 aliphatic rings. The van der Waals surface area contributed by atoms with Gasteiger partial charge in [0.25, 0.3) is 5.91 Å². The van der Waals surface area contributed by atoms with E-state index in [1.807, 2.05) is 16.5 Å². The lowest BCUT2D eigenvalue weighted by Gasteiger charge is -2.28. The molecule has 2 aromatic rings. The number of hydrogen-bond acceptors (Lipinski definition) is 4. The third-order valence-corrected chi connectivity index (χ3v) is 5.83. The van der Waals surface area contributed by atoms with Gasteiger partial charge in [0.05, 0.1) is 0 Å². The van der Waals surface area contributed by atoms with E-state index in [0.717, 1.165) is 25.2 Å². The maximum atomic E-state index is 13.0. The van der Waals surface area contributed by atoms with Crippen LogP contribution in [0, 0.1) is 11.2 Å². The van der Waals surface area contributed by atoms with Gasteiger partial charge >= 0.3 is 0 Å². The Morgan fingerprint density at radius 3 is 2.69 bits per heavy atom. The van der Waals surface area contributed by atoms with Gasteiger partial charge in [0.1, 0.15) is 23.7 Å². The van der Waals surface area contributed by atoms with E-state index in [1.165, 1.54) is 37.1 Å². The van der Waals surface area contributed by atoms with Crippen LogP contribution in [0.25, 0.3) is 0 Å². The quantitative estimate of drug-likeness (QED) is 0.843. The van der Waals surface area contributed by atoms with Crippen molar-refractivity contribution in [1.82, 2.24) is 19.7 Å². The van der Waals surface area contributed by atoms with Crippen molar-refractivity contribution in [2.75, 3.05) is 19.7 Å². The summed E-state index contributed by atoms with van der Waals surface area (Å²) in [5.74, 6) is 1.32. The monoisotopic (exact) mass is 358 g/mol. The molecule has 1 aliphatic carbocycles. The van der Waals surface area contributed by atoms with Crippen molar-refractivity contribution in [3.63, 3.8) is 0 Å². The second-order valence-corrected chi connectivity index (χ2v) is 7.44. The first kappa shape index (κ1) is 17.0. The first-order valence-corrected chi connectivity index (χ1v) is 9.07. The highest BCUT2D eigenvalue weighted by atomic mass is 19.1. The summed E-state index contributed by atoms with van der Waals surface area (Å²) in [4.78, 5) is 14.6. The van der Waals surface area contributed by atoms with E-state index in [-0.39, 0.29) is 29.7 Å². The SMILES string of the molecule is Cn1cnnc1C1CN(C(=O)COc2ccc(F)cc2)CC12CCCC2. The topological polar surface area (TPSA) is 60.2 Å². The zero-order chi connectivity index (χ0) is 18.1. The fourth-order valence-corrected chi connectivity index (χ4v) is 4.47. The van der Waals surface area contributed by atoms with Gasteiger partial charge in [-0.05, 0) is 42.5 Å². The summed E-state index contributed by atoms with van der Waals surface area (Å²) in [5.41, 5.74) is 0.104. The number of aryl methyl sites for hydroxylation is 1. The van der Waals surface area contributed by atoms with Crippen molar-refractivity contribution in [2.24, 2.45) is 12.5 Å². The van der Waals surface area contributed by atoms with Crippen molar-refractivity contribution < 1.29 is 13.9 Å². The highest BCUT2D eigenvalue weighted by Gasteiger charge is 2.51. The van der Waals surface area contributed by atoms with Crippen LogP contribution >= 0.6 is 0 Å². The third kappa shape index (κ3) is 3.06. The van der Waals surface area contributed by atoms with Gasteiger partial charge in [0.15, 0.2) is 6.61 Å². The summed E-state index contributed by atoms with van der Waals surface area (Å²) >= 11 is 0. The van der Waals surface area contributed by atoms with E-state index >= 15 is 0 Å². The second kappa shape index (κ2) is 6.70. The number of hydrogen-bond donors (Lipinski definition) is 0. The van der Waals surface area contributed by atoms with Crippen LogP contribution in [0.15, 0.2) is 30.6 Å². The Morgan fingerprint density at radius 1 is 1.31 bits per heavy atom. The molecular weight excluding hydrogens is 335 g/mol. The van der Waals surface area contributed by atoms with Gasteiger partial charge in [-0.1, -0.05) is 12.8 Å². The van der Waals surface area contributed by atoms with Crippen LogP contribution in [0.5, 0.6) is 5.75 Å². The Hall–Kier alpha value is -2.44. The maximum Gasteiger partial charge on any atom is 0.260 e. The fourth-order valence-electron chi connectivity index (χ4n) is 4.47. The normalized spacial score (nSPS) is 21.5. The molecule has 2 heterocycles. The van der Waals surface area contributed by atoms with Crippen molar-refractivity contribution in [3.8, 4) is 5.75 Å². The van der Waals surface area contributed by atoms with Gasteiger partial charge in [0, 0.05) is 26.1 Å². The zero-order valence-electron chi connectivity index (χ0n) is 14.9. The summed E-state index contributed by atoms with van der Waals surface area (Å²) < 4.78 is 20.5. The second-order valence-electron chi connectivity index (χ2n) is 7.44. The van der Waals surface area contributed by atoms with Gasteiger partial charge in [0.2, 0.25) is 0 Å². The van der Waals surface area contributed by atoms with Crippen LogP contribution in [0.1, 0.15) is 37.4 Å². The van der Waals surface area contributed by atoms with E-state index in [9.17, 15) is 9.18 Å². The minimum absolute atomic E-state index is 0.0345. The van der Waals surface area contributed by atoms with Crippen molar-refractivity contribution in [2.45, 2.75) is 31.6 Å². The Labute approximate surface area is 152 Å². The predicted octanol–water partition coefficient (Wildman–Crippen LogP) is 2.52. The number of rotatable bonds is 4. The Balaban J connectivity index is 1.46. The molecular formula is C19H23FN4O2. The van der Waals surface area contributed by atoms with Crippen LogP contribution in [0.3, 0.4) is 0 Å². The summed E-state index contributed by atoms with van der Waals surface area (Å²) in [6.45, 7) is 1.36. The molecule has 1 spiro atoms. The molecule has 1 unspecified atom stereocenters. The van der Waals surface area contributed by atoms with Crippen LogP contribution in [-0.4, -0.2) is 45.3 Å². The van der Waals surface area contributed by atoms with Gasteiger partial charge in [-0.15, -0.1) is 10.2 Å². The molecule has 6 nitrogen and oxygen atoms in total. The summed E-state index contributed by atoms with van der Waals surface area (Å²) in [7, 11) is 1.96. The summed E-state index contributed by atoms with van der Waals surface area (Å²) in [6.07, 6.45) is 6.35. The molecule has 0 radical (unpaired) electrons. The number of ether oxygens (including phenoxy) is 1. The van der Waals surface area contributed by atoms with Crippen LogP contribution < -0.4 is 4.74 Å². The predicted molar refractivity (Wildman–Crippen MR) is 93.1 cm³/mol. The van der Waals surface area contributed by atoms with Gasteiger partial charge < -0.3 is 14.2 Å². The average Bonchev–Trinajstić information content (AvgIpc) is 3.36. The largest absolute Gasteiger partial charge is 0.484 e. The number of carbonyl (C=O) groups is 1. The van der Waals surface area contributed by atoms with Crippen molar-refractivity contribution in [1.29, 1.82) is 0 Å². The molecule has 1 aromatic carbocycles. The molecule has 4 rings (SSSR count). The smallest absolute Gasteiger partial charge is 0.260 e. The highest BCUT2D eigenvalue weighted by molar-refractivity contribution is 5.78. The molecule has 26 heavy (non-hydrogen) atoms. The Morgan fingerprint density at radius 2 is 2.04 bits per heavy atom. The standard InChI is InChI=1S/C19H23FN4O2/c1-23-13-21-22-18(23)16-10-24(12-19(16)8-2-3-9-19)17(25)11-26-15-6-4-14(20)5-7-15/h4-7,13,16H,2-3,8-12H2,1H3. The lowest BCUT2D eigenvalue weighted by molar-refractivity contribution is -0.132. The molecule has 1 aromatic heterocycles. The van der Waals surface area contributed by atoms with Crippen LogP contribution in [-0.2, 0) is 11.8 Å². The maximum absolute atomic E-state index is 13.0. The van der Waals surface area contributed by atoms with Gasteiger partial charge in [-0.25, -0.2) is 4.39 Å². The molecule has 1 amide bonds. The molecule has 1 saturated carbocycles. The van der Waals surface area contributed by atoms with E-state index in [0.29, 0.717) is 12.3 Å². The lowest BCUT2D eigenvalue weighted by Crippen LogP contribution is -2.34.